The van der Waals surface area contributed by atoms with Crippen molar-refractivity contribution in [1.82, 2.24) is 10.1 Å². The predicted octanol–water partition coefficient (Wildman–Crippen LogP) is 3.58. The number of aromatic nitrogens is 2. The average molecular weight is 285 g/mol. The molecule has 112 valence electrons. The molecule has 1 aliphatic carbocycles. The van der Waals surface area contributed by atoms with Gasteiger partial charge in [0.2, 0.25) is 5.89 Å². The summed E-state index contributed by atoms with van der Waals surface area (Å²) in [6.07, 6.45) is 4.26. The first-order valence-electron chi connectivity index (χ1n) is 7.82. The highest BCUT2D eigenvalue weighted by Gasteiger charge is 2.26. The Labute approximate surface area is 125 Å². The summed E-state index contributed by atoms with van der Waals surface area (Å²) in [6, 6.07) is 8.41. The normalized spacial score (nSPS) is 19.5. The van der Waals surface area contributed by atoms with Crippen molar-refractivity contribution in [2.45, 2.75) is 51.5 Å². The quantitative estimate of drug-likeness (QED) is 0.932. The molecule has 1 aliphatic rings. The third-order valence-electron chi connectivity index (χ3n) is 4.18. The molecule has 0 spiro atoms. The number of fused-ring (bicyclic) bond motifs is 1. The van der Waals surface area contributed by atoms with E-state index in [0.29, 0.717) is 11.8 Å². The van der Waals surface area contributed by atoms with E-state index in [1.807, 2.05) is 0 Å². The number of nitrogens with zero attached hydrogens (tertiary/aromatic N) is 2. The van der Waals surface area contributed by atoms with E-state index >= 15 is 0 Å². The zero-order valence-electron chi connectivity index (χ0n) is 12.7. The van der Waals surface area contributed by atoms with E-state index in [9.17, 15) is 0 Å². The molecule has 1 heterocycles. The summed E-state index contributed by atoms with van der Waals surface area (Å²) >= 11 is 0. The van der Waals surface area contributed by atoms with Crippen molar-refractivity contribution < 1.29 is 4.52 Å². The van der Waals surface area contributed by atoms with Gasteiger partial charge in [0.15, 0.2) is 5.82 Å². The van der Waals surface area contributed by atoms with E-state index in [0.717, 1.165) is 25.1 Å². The van der Waals surface area contributed by atoms with Gasteiger partial charge in [-0.2, -0.15) is 4.98 Å². The summed E-state index contributed by atoms with van der Waals surface area (Å²) in [6.45, 7) is 4.29. The molecule has 2 N–H and O–H groups in total. The molecular weight excluding hydrogens is 262 g/mol. The van der Waals surface area contributed by atoms with Gasteiger partial charge >= 0.3 is 0 Å². The smallest absolute Gasteiger partial charge is 0.243 e. The van der Waals surface area contributed by atoms with E-state index < -0.39 is 0 Å². The SMILES string of the molecule is CC(C)C[C@H](N)c1nc(C2CCCc3ccccc32)no1. The molecule has 0 bridgehead atoms. The number of hydrogen-bond donors (Lipinski definition) is 1. The van der Waals surface area contributed by atoms with Crippen LogP contribution >= 0.6 is 0 Å². The first-order chi connectivity index (χ1) is 10.1. The highest BCUT2D eigenvalue weighted by Crippen LogP contribution is 2.35. The Kier molecular flexibility index (Phi) is 4.06. The van der Waals surface area contributed by atoms with E-state index in [1.54, 1.807) is 0 Å². The zero-order chi connectivity index (χ0) is 14.8. The van der Waals surface area contributed by atoms with E-state index in [4.69, 9.17) is 10.3 Å². The molecular formula is C17H23N3O. The maximum absolute atomic E-state index is 6.14. The van der Waals surface area contributed by atoms with Crippen molar-refractivity contribution >= 4 is 0 Å². The lowest BCUT2D eigenvalue weighted by Crippen LogP contribution is -2.15. The molecule has 2 atom stereocenters. The predicted molar refractivity (Wildman–Crippen MR) is 81.9 cm³/mol. The van der Waals surface area contributed by atoms with Gasteiger partial charge in [-0.1, -0.05) is 43.3 Å². The van der Waals surface area contributed by atoms with Gasteiger partial charge in [0.05, 0.1) is 6.04 Å². The first-order valence-corrected chi connectivity index (χ1v) is 7.82. The van der Waals surface area contributed by atoms with Gasteiger partial charge in [-0.25, -0.2) is 0 Å². The molecule has 0 amide bonds. The van der Waals surface area contributed by atoms with Crippen molar-refractivity contribution in [2.24, 2.45) is 11.7 Å². The van der Waals surface area contributed by atoms with Crippen LogP contribution in [0, 0.1) is 5.92 Å². The van der Waals surface area contributed by atoms with E-state index in [2.05, 4.69) is 48.3 Å². The molecule has 1 unspecified atom stereocenters. The average Bonchev–Trinajstić information content (AvgIpc) is 2.95. The molecule has 21 heavy (non-hydrogen) atoms. The molecule has 2 aromatic rings. The molecule has 0 aliphatic heterocycles. The van der Waals surface area contributed by atoms with Crippen LogP contribution in [0.15, 0.2) is 28.8 Å². The third-order valence-corrected chi connectivity index (χ3v) is 4.18. The summed E-state index contributed by atoms with van der Waals surface area (Å²) in [5.74, 6) is 2.13. The maximum Gasteiger partial charge on any atom is 0.243 e. The molecule has 1 aromatic heterocycles. The highest BCUT2D eigenvalue weighted by atomic mass is 16.5. The third kappa shape index (κ3) is 3.00. The Hall–Kier alpha value is -1.68. The fourth-order valence-corrected chi connectivity index (χ4v) is 3.17. The van der Waals surface area contributed by atoms with Gasteiger partial charge in [-0.3, -0.25) is 0 Å². The Bertz CT molecular complexity index is 606. The molecule has 4 heteroatoms. The molecule has 0 fully saturated rings. The Morgan fingerprint density at radius 3 is 2.95 bits per heavy atom. The Morgan fingerprint density at radius 1 is 1.33 bits per heavy atom. The van der Waals surface area contributed by atoms with Gasteiger partial charge < -0.3 is 10.3 Å². The fourth-order valence-electron chi connectivity index (χ4n) is 3.17. The topological polar surface area (TPSA) is 64.9 Å². The van der Waals surface area contributed by atoms with Gasteiger partial charge in [0, 0.05) is 5.92 Å². The van der Waals surface area contributed by atoms with Crippen LogP contribution in [0.5, 0.6) is 0 Å². The minimum atomic E-state index is -0.162. The molecule has 0 radical (unpaired) electrons. The first kappa shape index (κ1) is 14.3. The van der Waals surface area contributed by atoms with Crippen LogP contribution in [0.3, 0.4) is 0 Å². The molecule has 0 saturated heterocycles. The monoisotopic (exact) mass is 285 g/mol. The maximum atomic E-state index is 6.14. The lowest BCUT2D eigenvalue weighted by atomic mass is 9.82. The van der Waals surface area contributed by atoms with Gasteiger partial charge in [0.1, 0.15) is 0 Å². The second kappa shape index (κ2) is 5.98. The minimum Gasteiger partial charge on any atom is -0.338 e. The largest absolute Gasteiger partial charge is 0.338 e. The van der Waals surface area contributed by atoms with Crippen molar-refractivity contribution in [1.29, 1.82) is 0 Å². The lowest BCUT2D eigenvalue weighted by Gasteiger charge is -2.22. The Morgan fingerprint density at radius 2 is 2.14 bits per heavy atom. The van der Waals surface area contributed by atoms with E-state index in [1.165, 1.54) is 17.5 Å². The van der Waals surface area contributed by atoms with Crippen LogP contribution in [0.1, 0.15) is 67.9 Å². The second-order valence-corrected chi connectivity index (χ2v) is 6.37. The van der Waals surface area contributed by atoms with Crippen LogP contribution in [0.25, 0.3) is 0 Å². The summed E-state index contributed by atoms with van der Waals surface area (Å²) in [5, 5.41) is 4.20. The number of benzene rings is 1. The van der Waals surface area contributed by atoms with Crippen LogP contribution < -0.4 is 5.73 Å². The molecule has 4 nitrogen and oxygen atoms in total. The standard InChI is InChI=1S/C17H23N3O/c1-11(2)10-15(18)17-19-16(20-21-17)14-9-5-7-12-6-3-4-8-13(12)14/h3-4,6,8,11,14-15H,5,7,9-10,18H2,1-2H3/t14?,15-/m0/s1. The minimum absolute atomic E-state index is 0.162. The van der Waals surface area contributed by atoms with Crippen molar-refractivity contribution in [3.05, 3.63) is 47.1 Å². The summed E-state index contributed by atoms with van der Waals surface area (Å²) in [4.78, 5) is 4.58. The van der Waals surface area contributed by atoms with Crippen LogP contribution in [-0.2, 0) is 6.42 Å². The molecule has 1 aromatic carbocycles. The van der Waals surface area contributed by atoms with Gasteiger partial charge in [0.25, 0.3) is 0 Å². The van der Waals surface area contributed by atoms with Gasteiger partial charge in [-0.15, -0.1) is 0 Å². The highest BCUT2D eigenvalue weighted by molar-refractivity contribution is 5.36. The summed E-state index contributed by atoms with van der Waals surface area (Å²) in [5.41, 5.74) is 8.89. The van der Waals surface area contributed by atoms with Crippen LogP contribution in [0.4, 0.5) is 0 Å². The van der Waals surface area contributed by atoms with E-state index in [-0.39, 0.29) is 12.0 Å². The van der Waals surface area contributed by atoms with Crippen molar-refractivity contribution in [3.8, 4) is 0 Å². The number of hydrogen-bond acceptors (Lipinski definition) is 4. The van der Waals surface area contributed by atoms with Crippen molar-refractivity contribution in [2.75, 3.05) is 0 Å². The van der Waals surface area contributed by atoms with Crippen LogP contribution in [0.2, 0.25) is 0 Å². The summed E-state index contributed by atoms with van der Waals surface area (Å²) in [7, 11) is 0. The molecule has 3 rings (SSSR count). The fraction of sp³-hybridized carbons (Fsp3) is 0.529. The lowest BCUT2D eigenvalue weighted by molar-refractivity contribution is 0.331. The van der Waals surface area contributed by atoms with Crippen LogP contribution in [-0.4, -0.2) is 10.1 Å². The molecule has 0 saturated carbocycles. The Balaban J connectivity index is 1.84. The zero-order valence-corrected chi connectivity index (χ0v) is 12.7. The second-order valence-electron chi connectivity index (χ2n) is 6.37. The summed E-state index contributed by atoms with van der Waals surface area (Å²) < 4.78 is 5.41. The van der Waals surface area contributed by atoms with Gasteiger partial charge in [-0.05, 0) is 42.7 Å². The number of nitrogens with two attached hydrogens (primary N) is 1. The van der Waals surface area contributed by atoms with Crippen molar-refractivity contribution in [3.63, 3.8) is 0 Å². The number of aryl methyl sites for hydroxylation is 1. The number of rotatable bonds is 4.